The fourth-order valence-electron chi connectivity index (χ4n) is 5.03. The van der Waals surface area contributed by atoms with Crippen LogP contribution in [0.15, 0.2) is 42.5 Å². The van der Waals surface area contributed by atoms with E-state index >= 15 is 0 Å². The molecule has 31 heavy (non-hydrogen) atoms. The molecule has 3 N–H and O–H groups in total. The van der Waals surface area contributed by atoms with E-state index < -0.39 is 23.6 Å². The van der Waals surface area contributed by atoms with Crippen molar-refractivity contribution in [2.75, 3.05) is 25.0 Å². The zero-order valence-electron chi connectivity index (χ0n) is 17.0. The Hall–Kier alpha value is -2.68. The summed E-state index contributed by atoms with van der Waals surface area (Å²) in [6.07, 6.45) is -0.345. The maximum atomic E-state index is 13.9. The van der Waals surface area contributed by atoms with E-state index in [4.69, 9.17) is 9.47 Å². The molecule has 164 valence electrons. The van der Waals surface area contributed by atoms with E-state index in [1.807, 2.05) is 6.07 Å². The summed E-state index contributed by atoms with van der Waals surface area (Å²) in [6.45, 7) is 1.66. The third-order valence-corrected chi connectivity index (χ3v) is 6.54. The molecule has 0 radical (unpaired) electrons. The lowest BCUT2D eigenvalue weighted by Crippen LogP contribution is -2.36. The summed E-state index contributed by atoms with van der Waals surface area (Å²) in [5.74, 6) is -0.161. The first-order valence-electron chi connectivity index (χ1n) is 10.5. The summed E-state index contributed by atoms with van der Waals surface area (Å²) in [7, 11) is 0. The molecule has 2 aromatic carbocycles. The largest absolute Gasteiger partial charge is 0.487 e. The third-order valence-electron chi connectivity index (χ3n) is 6.54. The highest BCUT2D eigenvalue weighted by Crippen LogP contribution is 2.43. The average molecular weight is 428 g/mol. The van der Waals surface area contributed by atoms with Crippen LogP contribution in [0.2, 0.25) is 0 Å². The Kier molecular flexibility index (Phi) is 5.08. The highest BCUT2D eigenvalue weighted by molar-refractivity contribution is 5.87. The Morgan fingerprint density at radius 1 is 1.32 bits per heavy atom. The number of benzene rings is 2. The zero-order valence-corrected chi connectivity index (χ0v) is 17.0. The fraction of sp³-hybridized carbons (Fsp3) is 0.435. The van der Waals surface area contributed by atoms with Crippen molar-refractivity contribution < 1.29 is 28.9 Å². The summed E-state index contributed by atoms with van der Waals surface area (Å²) in [4.78, 5) is 13.4. The van der Waals surface area contributed by atoms with Crippen LogP contribution in [0.25, 0.3) is 0 Å². The van der Waals surface area contributed by atoms with Gasteiger partial charge < -0.3 is 19.7 Å². The van der Waals surface area contributed by atoms with Gasteiger partial charge in [0, 0.05) is 37.5 Å². The standard InChI is InChI=1S/C23H25FN2O5/c24-18-3-1-2-4-21(18)31-17-8-16-10-26(13-23(16,29)9-17)11-20(27)14-5-6-19-15(7-14)12-30-22(28)25-19/h1-7,16-17,20,27,29H,8-13H2,(H,25,28)/t16-,17+,20-,23-/m1/s1. The molecule has 4 atom stereocenters. The van der Waals surface area contributed by atoms with Gasteiger partial charge >= 0.3 is 6.09 Å². The normalized spacial score (nSPS) is 28.4. The summed E-state index contributed by atoms with van der Waals surface area (Å²) in [5.41, 5.74) is 1.35. The lowest BCUT2D eigenvalue weighted by Gasteiger charge is -2.25. The minimum Gasteiger partial charge on any atom is -0.487 e. The van der Waals surface area contributed by atoms with Gasteiger partial charge in [-0.25, -0.2) is 9.18 Å². The molecule has 3 aliphatic rings. The number of nitrogens with one attached hydrogen (secondary N) is 1. The van der Waals surface area contributed by atoms with Crippen molar-refractivity contribution in [1.82, 2.24) is 4.90 Å². The molecule has 2 fully saturated rings. The molecular formula is C23H25FN2O5. The number of hydrogen-bond acceptors (Lipinski definition) is 6. The Bertz CT molecular complexity index is 1000. The van der Waals surface area contributed by atoms with E-state index in [0.717, 1.165) is 11.1 Å². The number of cyclic esters (lactones) is 1. The van der Waals surface area contributed by atoms with Crippen molar-refractivity contribution in [3.8, 4) is 5.75 Å². The average Bonchev–Trinajstić information content (AvgIpc) is 3.19. The Morgan fingerprint density at radius 2 is 2.16 bits per heavy atom. The van der Waals surface area contributed by atoms with Crippen LogP contribution in [0, 0.1) is 11.7 Å². The van der Waals surface area contributed by atoms with Crippen LogP contribution in [-0.4, -0.2) is 52.5 Å². The van der Waals surface area contributed by atoms with Crippen LogP contribution in [0.1, 0.15) is 30.1 Å². The number of carbonyl (C=O) groups is 1. The number of para-hydroxylation sites is 1. The second kappa shape index (κ2) is 7.78. The van der Waals surface area contributed by atoms with Crippen molar-refractivity contribution in [2.24, 2.45) is 5.92 Å². The molecular weight excluding hydrogens is 403 g/mol. The van der Waals surface area contributed by atoms with Gasteiger partial charge in [-0.1, -0.05) is 18.2 Å². The van der Waals surface area contributed by atoms with Crippen molar-refractivity contribution in [3.63, 3.8) is 0 Å². The number of likely N-dealkylation sites (tertiary alicyclic amines) is 1. The number of aliphatic hydroxyl groups is 2. The molecule has 2 aliphatic heterocycles. The van der Waals surface area contributed by atoms with E-state index in [0.29, 0.717) is 38.2 Å². The van der Waals surface area contributed by atoms with Crippen molar-refractivity contribution in [1.29, 1.82) is 0 Å². The minimum atomic E-state index is -0.899. The number of aliphatic hydroxyl groups excluding tert-OH is 1. The molecule has 8 heteroatoms. The van der Waals surface area contributed by atoms with E-state index in [1.165, 1.54) is 6.07 Å². The number of rotatable bonds is 5. The number of anilines is 1. The van der Waals surface area contributed by atoms with Gasteiger partial charge in [0.25, 0.3) is 0 Å². The first-order valence-corrected chi connectivity index (χ1v) is 10.5. The molecule has 2 heterocycles. The molecule has 0 unspecified atom stereocenters. The molecule has 1 saturated heterocycles. The van der Waals surface area contributed by atoms with Crippen molar-refractivity contribution >= 4 is 11.8 Å². The molecule has 1 saturated carbocycles. The zero-order chi connectivity index (χ0) is 21.6. The maximum absolute atomic E-state index is 13.9. The Balaban J connectivity index is 1.19. The second-order valence-corrected chi connectivity index (χ2v) is 8.74. The summed E-state index contributed by atoms with van der Waals surface area (Å²) < 4.78 is 24.7. The minimum absolute atomic E-state index is 0.0172. The molecule has 1 aliphatic carbocycles. The van der Waals surface area contributed by atoms with Gasteiger partial charge in [-0.05, 0) is 36.2 Å². The van der Waals surface area contributed by atoms with Crippen LogP contribution in [-0.2, 0) is 11.3 Å². The molecule has 1 amide bonds. The van der Waals surface area contributed by atoms with Gasteiger partial charge in [0.05, 0.1) is 17.4 Å². The predicted octanol–water partition coefficient (Wildman–Crippen LogP) is 2.83. The number of β-amino-alcohol motifs (C(OH)–C–C–N with tert-alkyl or cyclic N) is 2. The van der Waals surface area contributed by atoms with Crippen LogP contribution >= 0.6 is 0 Å². The van der Waals surface area contributed by atoms with E-state index in [1.54, 1.807) is 30.3 Å². The highest BCUT2D eigenvalue weighted by atomic mass is 19.1. The van der Waals surface area contributed by atoms with E-state index in [9.17, 15) is 19.4 Å². The van der Waals surface area contributed by atoms with Gasteiger partial charge in [-0.3, -0.25) is 10.2 Å². The number of nitrogens with zero attached hydrogens (tertiary/aromatic N) is 1. The van der Waals surface area contributed by atoms with E-state index in [-0.39, 0.29) is 24.4 Å². The smallest absolute Gasteiger partial charge is 0.411 e. The first-order chi connectivity index (χ1) is 14.9. The maximum Gasteiger partial charge on any atom is 0.411 e. The lowest BCUT2D eigenvalue weighted by atomic mass is 9.95. The summed E-state index contributed by atoms with van der Waals surface area (Å²) >= 11 is 0. The number of hydrogen-bond donors (Lipinski definition) is 3. The van der Waals surface area contributed by atoms with Crippen LogP contribution < -0.4 is 10.1 Å². The molecule has 7 nitrogen and oxygen atoms in total. The SMILES string of the molecule is O=C1Nc2ccc([C@H](O)CN3C[C@H]4C[C@H](Oc5ccccc5F)C[C@@]4(O)C3)cc2CO1. The second-order valence-electron chi connectivity index (χ2n) is 8.74. The number of halogens is 1. The van der Waals surface area contributed by atoms with Crippen LogP contribution in [0.5, 0.6) is 5.75 Å². The lowest BCUT2D eigenvalue weighted by molar-refractivity contribution is 0.0175. The first kappa shape index (κ1) is 20.2. The van der Waals surface area contributed by atoms with E-state index in [2.05, 4.69) is 10.2 Å². The van der Waals surface area contributed by atoms with Gasteiger partial charge in [0.15, 0.2) is 11.6 Å². The Morgan fingerprint density at radius 3 is 2.97 bits per heavy atom. The van der Waals surface area contributed by atoms with Gasteiger partial charge in [0.2, 0.25) is 0 Å². The third kappa shape index (κ3) is 3.98. The predicted molar refractivity (Wildman–Crippen MR) is 110 cm³/mol. The molecule has 0 aromatic heterocycles. The highest BCUT2D eigenvalue weighted by Gasteiger charge is 2.52. The number of fused-ring (bicyclic) bond motifs is 2. The summed E-state index contributed by atoms with van der Waals surface area (Å²) in [5, 5.41) is 24.5. The number of carbonyl (C=O) groups excluding carboxylic acids is 1. The molecule has 2 aromatic rings. The summed E-state index contributed by atoms with van der Waals surface area (Å²) in [6, 6.07) is 11.7. The van der Waals surface area contributed by atoms with Crippen molar-refractivity contribution in [2.45, 2.75) is 37.3 Å². The van der Waals surface area contributed by atoms with Gasteiger partial charge in [-0.15, -0.1) is 0 Å². The monoisotopic (exact) mass is 428 g/mol. The topological polar surface area (TPSA) is 91.3 Å². The molecule has 5 rings (SSSR count). The number of ether oxygens (including phenoxy) is 2. The fourth-order valence-corrected chi connectivity index (χ4v) is 5.03. The molecule has 0 spiro atoms. The van der Waals surface area contributed by atoms with Gasteiger partial charge in [-0.2, -0.15) is 0 Å². The quantitative estimate of drug-likeness (QED) is 0.679. The van der Waals surface area contributed by atoms with Gasteiger partial charge in [0.1, 0.15) is 12.7 Å². The van der Waals surface area contributed by atoms with Crippen LogP contribution in [0.3, 0.4) is 0 Å². The number of amides is 1. The Labute approximate surface area is 179 Å². The molecule has 0 bridgehead atoms. The van der Waals surface area contributed by atoms with Crippen LogP contribution in [0.4, 0.5) is 14.9 Å². The van der Waals surface area contributed by atoms with Crippen molar-refractivity contribution in [3.05, 3.63) is 59.4 Å².